The van der Waals surface area contributed by atoms with Gasteiger partial charge in [-0.3, -0.25) is 4.79 Å². The Balaban J connectivity index is 2.51. The average molecular weight is 229 g/mol. The Morgan fingerprint density at radius 2 is 2.12 bits per heavy atom. The van der Waals surface area contributed by atoms with E-state index < -0.39 is 18.0 Å². The number of hydrogen-bond acceptors (Lipinski definition) is 4. The second-order valence-electron chi connectivity index (χ2n) is 3.48. The van der Waals surface area contributed by atoms with Gasteiger partial charge >= 0.3 is 5.97 Å². The second-order valence-corrected chi connectivity index (χ2v) is 3.48. The number of ether oxygens (including phenoxy) is 1. The fraction of sp³-hybridized carbons (Fsp3) is 0.600. The van der Waals surface area contributed by atoms with E-state index in [1.54, 1.807) is 0 Å². The van der Waals surface area contributed by atoms with Crippen molar-refractivity contribution in [3.8, 4) is 0 Å². The van der Waals surface area contributed by atoms with E-state index in [2.05, 4.69) is 0 Å². The van der Waals surface area contributed by atoms with E-state index in [4.69, 9.17) is 9.84 Å². The maximum atomic E-state index is 11.5. The summed E-state index contributed by atoms with van der Waals surface area (Å²) in [5, 5.41) is 17.9. The first-order valence-corrected chi connectivity index (χ1v) is 5.04. The Hall–Kier alpha value is -1.40. The van der Waals surface area contributed by atoms with Crippen molar-refractivity contribution in [1.82, 2.24) is 4.90 Å². The lowest BCUT2D eigenvalue weighted by Gasteiger charge is -2.13. The molecule has 0 aromatic rings. The highest BCUT2D eigenvalue weighted by atomic mass is 16.5. The van der Waals surface area contributed by atoms with Crippen LogP contribution in [-0.4, -0.2) is 58.9 Å². The zero-order valence-electron chi connectivity index (χ0n) is 9.00. The van der Waals surface area contributed by atoms with Gasteiger partial charge in [-0.1, -0.05) is 0 Å². The molecule has 1 aliphatic rings. The number of aliphatic hydroxyl groups is 1. The predicted molar refractivity (Wildman–Crippen MR) is 54.8 cm³/mol. The van der Waals surface area contributed by atoms with Crippen molar-refractivity contribution in [1.29, 1.82) is 0 Å². The molecule has 1 saturated heterocycles. The molecular weight excluding hydrogens is 214 g/mol. The first kappa shape index (κ1) is 12.7. The number of carbonyl (C=O) groups excluding carboxylic acids is 1. The van der Waals surface area contributed by atoms with E-state index in [1.165, 1.54) is 4.90 Å². The number of carbonyl (C=O) groups is 2. The summed E-state index contributed by atoms with van der Waals surface area (Å²) >= 11 is 0. The van der Waals surface area contributed by atoms with Crippen LogP contribution in [0.4, 0.5) is 0 Å². The molecule has 6 nitrogen and oxygen atoms in total. The molecule has 0 aliphatic carbocycles. The normalized spacial score (nSPS) is 25.2. The van der Waals surface area contributed by atoms with Gasteiger partial charge in [0.2, 0.25) is 5.91 Å². The molecule has 1 amide bonds. The molecule has 2 N–H and O–H groups in total. The van der Waals surface area contributed by atoms with Crippen LogP contribution in [0, 0.1) is 0 Å². The summed E-state index contributed by atoms with van der Waals surface area (Å²) in [5.74, 6) is -1.60. The van der Waals surface area contributed by atoms with Gasteiger partial charge in [0.1, 0.15) is 6.10 Å². The predicted octanol–water partition coefficient (Wildman–Crippen LogP) is -0.765. The van der Waals surface area contributed by atoms with Gasteiger partial charge in [0.25, 0.3) is 0 Å². The molecule has 1 aliphatic heterocycles. The summed E-state index contributed by atoms with van der Waals surface area (Å²) in [6.45, 7) is 2.74. The summed E-state index contributed by atoms with van der Waals surface area (Å²) in [5.41, 5.74) is 0. The van der Waals surface area contributed by atoms with E-state index >= 15 is 0 Å². The highest BCUT2D eigenvalue weighted by molar-refractivity contribution is 5.94. The highest BCUT2D eigenvalue weighted by Crippen LogP contribution is 2.13. The Kier molecular flexibility index (Phi) is 4.45. The largest absolute Gasteiger partial charge is 0.478 e. The van der Waals surface area contributed by atoms with E-state index in [-0.39, 0.29) is 19.2 Å². The lowest BCUT2D eigenvalue weighted by molar-refractivity contribution is -0.132. The highest BCUT2D eigenvalue weighted by Gasteiger charge is 2.33. The van der Waals surface area contributed by atoms with Gasteiger partial charge in [-0.05, 0) is 6.92 Å². The SMILES string of the molecule is CCO[C@H]1CN(C(=O)/C=C/C(=O)O)C[C@H]1O. The summed E-state index contributed by atoms with van der Waals surface area (Å²) in [7, 11) is 0. The minimum absolute atomic E-state index is 0.174. The molecule has 0 aromatic carbocycles. The number of amides is 1. The number of likely N-dealkylation sites (tertiary alicyclic amines) is 1. The number of carboxylic acids is 1. The number of β-amino-alcohol motifs (C(OH)–C–C–N with tert-alkyl or cyclic N) is 1. The maximum absolute atomic E-state index is 11.5. The Bertz CT molecular complexity index is 302. The Morgan fingerprint density at radius 1 is 1.44 bits per heavy atom. The molecule has 0 aromatic heterocycles. The van der Waals surface area contributed by atoms with Crippen molar-refractivity contribution in [2.75, 3.05) is 19.7 Å². The van der Waals surface area contributed by atoms with E-state index in [9.17, 15) is 14.7 Å². The van der Waals surface area contributed by atoms with Crippen molar-refractivity contribution >= 4 is 11.9 Å². The minimum Gasteiger partial charge on any atom is -0.478 e. The molecule has 1 rings (SSSR count). The van der Waals surface area contributed by atoms with Gasteiger partial charge in [-0.25, -0.2) is 4.79 Å². The molecule has 90 valence electrons. The smallest absolute Gasteiger partial charge is 0.328 e. The molecule has 16 heavy (non-hydrogen) atoms. The molecular formula is C10H15NO5. The van der Waals surface area contributed by atoms with Crippen LogP contribution in [0.1, 0.15) is 6.92 Å². The third-order valence-electron chi connectivity index (χ3n) is 2.30. The lowest BCUT2D eigenvalue weighted by Crippen LogP contribution is -2.28. The molecule has 0 unspecified atom stereocenters. The summed E-state index contributed by atoms with van der Waals surface area (Å²) in [6.07, 6.45) is 0.667. The quantitative estimate of drug-likeness (QED) is 0.618. The number of aliphatic hydroxyl groups excluding tert-OH is 1. The fourth-order valence-corrected chi connectivity index (χ4v) is 1.56. The van der Waals surface area contributed by atoms with Gasteiger partial charge in [0, 0.05) is 31.8 Å². The Labute approximate surface area is 93.1 Å². The summed E-state index contributed by atoms with van der Waals surface area (Å²) in [6, 6.07) is 0. The lowest BCUT2D eigenvalue weighted by atomic mass is 10.3. The molecule has 6 heteroatoms. The van der Waals surface area contributed by atoms with Crippen LogP contribution < -0.4 is 0 Å². The molecule has 1 fully saturated rings. The Morgan fingerprint density at radius 3 is 2.69 bits per heavy atom. The number of hydrogen-bond donors (Lipinski definition) is 2. The van der Waals surface area contributed by atoms with Crippen molar-refractivity contribution in [3.05, 3.63) is 12.2 Å². The second kappa shape index (κ2) is 5.62. The number of aliphatic carboxylic acids is 1. The van der Waals surface area contributed by atoms with Gasteiger partial charge in [-0.2, -0.15) is 0 Å². The van der Waals surface area contributed by atoms with Crippen molar-refractivity contribution in [2.24, 2.45) is 0 Å². The third-order valence-corrected chi connectivity index (χ3v) is 2.30. The molecule has 0 radical (unpaired) electrons. The fourth-order valence-electron chi connectivity index (χ4n) is 1.56. The zero-order chi connectivity index (χ0) is 12.1. The minimum atomic E-state index is -1.17. The van der Waals surface area contributed by atoms with Crippen molar-refractivity contribution in [2.45, 2.75) is 19.1 Å². The molecule has 0 bridgehead atoms. The number of rotatable bonds is 4. The molecule has 0 saturated carbocycles. The monoisotopic (exact) mass is 229 g/mol. The van der Waals surface area contributed by atoms with Crippen molar-refractivity contribution < 1.29 is 24.5 Å². The first-order valence-electron chi connectivity index (χ1n) is 5.04. The van der Waals surface area contributed by atoms with Crippen LogP contribution in [0.25, 0.3) is 0 Å². The van der Waals surface area contributed by atoms with Crippen LogP contribution in [-0.2, 0) is 14.3 Å². The van der Waals surface area contributed by atoms with Gasteiger partial charge in [0.15, 0.2) is 0 Å². The van der Waals surface area contributed by atoms with Crippen LogP contribution in [0.2, 0.25) is 0 Å². The van der Waals surface area contributed by atoms with E-state index in [0.29, 0.717) is 6.61 Å². The van der Waals surface area contributed by atoms with E-state index in [1.807, 2.05) is 6.92 Å². The van der Waals surface area contributed by atoms with Crippen LogP contribution in [0.3, 0.4) is 0 Å². The van der Waals surface area contributed by atoms with Gasteiger partial charge in [0.05, 0.1) is 6.10 Å². The first-order chi connectivity index (χ1) is 7.54. The van der Waals surface area contributed by atoms with E-state index in [0.717, 1.165) is 12.2 Å². The third kappa shape index (κ3) is 3.32. The summed E-state index contributed by atoms with van der Waals surface area (Å²) in [4.78, 5) is 23.0. The molecule has 2 atom stereocenters. The van der Waals surface area contributed by atoms with Crippen LogP contribution >= 0.6 is 0 Å². The number of carboxylic acid groups (broad SMARTS) is 1. The van der Waals surface area contributed by atoms with Crippen LogP contribution in [0.5, 0.6) is 0 Å². The number of nitrogens with zero attached hydrogens (tertiary/aromatic N) is 1. The average Bonchev–Trinajstić information content (AvgIpc) is 2.57. The van der Waals surface area contributed by atoms with Gasteiger partial charge < -0.3 is 19.8 Å². The molecule has 0 spiro atoms. The maximum Gasteiger partial charge on any atom is 0.328 e. The van der Waals surface area contributed by atoms with Gasteiger partial charge in [-0.15, -0.1) is 0 Å². The topological polar surface area (TPSA) is 87.1 Å². The standard InChI is InChI=1S/C10H15NO5/c1-2-16-8-6-11(5-7(8)12)9(13)3-4-10(14)15/h3-4,7-8,12H,2,5-6H2,1H3,(H,14,15)/b4-3+/t7-,8+/m1/s1. The molecule has 1 heterocycles. The van der Waals surface area contributed by atoms with Crippen LogP contribution in [0.15, 0.2) is 12.2 Å². The summed E-state index contributed by atoms with van der Waals surface area (Å²) < 4.78 is 5.24. The van der Waals surface area contributed by atoms with Crippen molar-refractivity contribution in [3.63, 3.8) is 0 Å². The zero-order valence-corrected chi connectivity index (χ0v) is 9.00.